The molecule has 0 heterocycles. The summed E-state index contributed by atoms with van der Waals surface area (Å²) in [5.74, 6) is 0.931. The van der Waals surface area contributed by atoms with Gasteiger partial charge < -0.3 is 14.9 Å². The van der Waals surface area contributed by atoms with E-state index in [9.17, 15) is 4.57 Å². The van der Waals surface area contributed by atoms with Gasteiger partial charge in [0.1, 0.15) is 5.75 Å². The maximum Gasteiger partial charge on any atom is 0.344 e. The summed E-state index contributed by atoms with van der Waals surface area (Å²) in [6.07, 6.45) is 7.02. The van der Waals surface area contributed by atoms with Gasteiger partial charge in [-0.15, -0.1) is 0 Å². The van der Waals surface area contributed by atoms with Gasteiger partial charge in [0.2, 0.25) is 0 Å². The van der Waals surface area contributed by atoms with Crippen molar-refractivity contribution in [1.82, 2.24) is 5.32 Å². The number of unbranched alkanes of at least 4 members (excludes halogenated alkanes) is 3. The lowest BCUT2D eigenvalue weighted by molar-refractivity contribution is -0.205. The van der Waals surface area contributed by atoms with Gasteiger partial charge >= 0.3 is 8.25 Å². The van der Waals surface area contributed by atoms with Crippen molar-refractivity contribution >= 4 is 19.0 Å². The molecule has 0 aliphatic heterocycles. The molecule has 3 aromatic rings. The van der Waals surface area contributed by atoms with Crippen LogP contribution < -0.4 is 10.1 Å². The van der Waals surface area contributed by atoms with E-state index in [1.165, 1.54) is 53.1 Å². The molecule has 178 valence electrons. The molecule has 3 rings (SSSR count). The van der Waals surface area contributed by atoms with Crippen LogP contribution in [0.15, 0.2) is 60.7 Å². The summed E-state index contributed by atoms with van der Waals surface area (Å²) in [4.78, 5) is 13.2. The molecule has 7 heteroatoms. The van der Waals surface area contributed by atoms with Crippen LogP contribution in [0.2, 0.25) is 0 Å². The Bertz CT molecular complexity index is 1030. The minimum absolute atomic E-state index is 0.213. The van der Waals surface area contributed by atoms with E-state index in [0.717, 1.165) is 18.6 Å². The minimum Gasteiger partial charge on any atom is -0.497 e. The van der Waals surface area contributed by atoms with Crippen LogP contribution >= 0.6 is 8.25 Å². The number of nitrogens with one attached hydrogen (secondary N) is 1. The fraction of sp³-hybridized carbons (Fsp3) is 0.385. The Kier molecular flexibility index (Phi) is 10.9. The molecule has 0 amide bonds. The van der Waals surface area contributed by atoms with Crippen molar-refractivity contribution in [2.24, 2.45) is 0 Å². The van der Waals surface area contributed by atoms with Gasteiger partial charge in [-0.2, -0.15) is 4.67 Å². The molecular weight excluding hydrogens is 437 g/mol. The zero-order valence-corrected chi connectivity index (χ0v) is 20.2. The maximum absolute atomic E-state index is 10.5. The number of methoxy groups -OCH3 is 1. The molecule has 33 heavy (non-hydrogen) atoms. The average molecular weight is 472 g/mol. The average Bonchev–Trinajstić information content (AvgIpc) is 2.84. The first-order chi connectivity index (χ1) is 16.2. The van der Waals surface area contributed by atoms with E-state index in [4.69, 9.17) is 9.63 Å². The van der Waals surface area contributed by atoms with Crippen LogP contribution in [0.5, 0.6) is 5.75 Å². The summed E-state index contributed by atoms with van der Waals surface area (Å²) in [6.45, 7) is 1.44. The number of aryl methyl sites for hydroxylation is 2. The quantitative estimate of drug-likeness (QED) is 0.130. The van der Waals surface area contributed by atoms with Crippen molar-refractivity contribution in [3.05, 3.63) is 77.4 Å². The van der Waals surface area contributed by atoms with E-state index in [-0.39, 0.29) is 6.61 Å². The molecule has 1 unspecified atom stereocenters. The van der Waals surface area contributed by atoms with E-state index in [0.29, 0.717) is 13.1 Å². The number of hydrogen-bond donors (Lipinski definition) is 2. The molecule has 0 aliphatic rings. The third-order valence-corrected chi connectivity index (χ3v) is 5.97. The second-order valence-corrected chi connectivity index (χ2v) is 8.74. The molecule has 0 aromatic heterocycles. The van der Waals surface area contributed by atoms with E-state index in [1.54, 1.807) is 7.11 Å². The summed E-state index contributed by atoms with van der Waals surface area (Å²) < 4.78 is 20.0. The van der Waals surface area contributed by atoms with Gasteiger partial charge in [0.05, 0.1) is 13.7 Å². The molecule has 6 nitrogen and oxygen atoms in total. The Labute approximate surface area is 196 Å². The molecule has 2 N–H and O–H groups in total. The zero-order valence-electron chi connectivity index (χ0n) is 19.2. The first-order valence-corrected chi connectivity index (χ1v) is 12.8. The van der Waals surface area contributed by atoms with E-state index in [1.807, 2.05) is 6.07 Å². The highest BCUT2D eigenvalue weighted by molar-refractivity contribution is 7.31. The van der Waals surface area contributed by atoms with Gasteiger partial charge in [-0.25, -0.2) is 4.89 Å². The van der Waals surface area contributed by atoms with Crippen molar-refractivity contribution in [3.8, 4) is 5.75 Å². The summed E-state index contributed by atoms with van der Waals surface area (Å²) in [6, 6.07) is 21.3. The number of hydrogen-bond acceptors (Lipinski definition) is 5. The van der Waals surface area contributed by atoms with Crippen LogP contribution in [-0.2, 0) is 33.5 Å². The summed E-state index contributed by atoms with van der Waals surface area (Å²) in [7, 11) is -1.33. The smallest absolute Gasteiger partial charge is 0.344 e. The Balaban J connectivity index is 1.44. The molecule has 0 saturated heterocycles. The second-order valence-electron chi connectivity index (χ2n) is 8.04. The van der Waals surface area contributed by atoms with Crippen molar-refractivity contribution in [1.29, 1.82) is 0 Å². The van der Waals surface area contributed by atoms with Gasteiger partial charge in [0.25, 0.3) is 0 Å². The number of benzene rings is 3. The third-order valence-electron chi connectivity index (χ3n) is 5.71. The summed E-state index contributed by atoms with van der Waals surface area (Å²) in [5.41, 5.74) is 3.96. The molecule has 3 aromatic carbocycles. The van der Waals surface area contributed by atoms with Crippen LogP contribution in [0, 0.1) is 0 Å². The lowest BCUT2D eigenvalue weighted by Gasteiger charge is -2.12. The predicted molar refractivity (Wildman–Crippen MR) is 133 cm³/mol. The molecule has 0 radical (unpaired) electrons. The van der Waals surface area contributed by atoms with Gasteiger partial charge in [-0.1, -0.05) is 61.4 Å². The van der Waals surface area contributed by atoms with Crippen LogP contribution in [0.25, 0.3) is 10.8 Å². The highest BCUT2D eigenvalue weighted by atomic mass is 31.1. The normalized spacial score (nSPS) is 12.2. The Morgan fingerprint density at radius 1 is 0.879 bits per heavy atom. The highest BCUT2D eigenvalue weighted by Crippen LogP contribution is 2.25. The fourth-order valence-electron chi connectivity index (χ4n) is 4.05. The zero-order chi connectivity index (χ0) is 23.3. The van der Waals surface area contributed by atoms with Crippen molar-refractivity contribution in [3.63, 3.8) is 0 Å². The van der Waals surface area contributed by atoms with Gasteiger partial charge in [-0.3, -0.25) is 4.57 Å². The standard InChI is InChI=1S/C26H34NO5P/c1-30-24-12-8-10-21(19-24)9-4-2-3-5-11-22-15-16-23(26-14-7-6-13-25(22)26)20-27-17-18-31-32-33(28)29/h6-8,10,12-16,19,27,33H,2-5,9,11,17-18,20H2,1H3,(H,28,29). The summed E-state index contributed by atoms with van der Waals surface area (Å²) >= 11 is 0. The second kappa shape index (κ2) is 14.1. The Hall–Kier alpha value is -2.21. The molecule has 0 spiro atoms. The lowest BCUT2D eigenvalue weighted by atomic mass is 9.95. The van der Waals surface area contributed by atoms with Crippen LogP contribution in [0.1, 0.15) is 42.4 Å². The fourth-order valence-corrected chi connectivity index (χ4v) is 4.24. The van der Waals surface area contributed by atoms with Crippen molar-refractivity contribution in [2.75, 3.05) is 20.3 Å². The van der Waals surface area contributed by atoms with Crippen molar-refractivity contribution < 1.29 is 23.8 Å². The molecule has 0 aliphatic carbocycles. The topological polar surface area (TPSA) is 77.0 Å². The van der Waals surface area contributed by atoms with Crippen LogP contribution in [0.3, 0.4) is 0 Å². The highest BCUT2D eigenvalue weighted by Gasteiger charge is 2.06. The number of fused-ring (bicyclic) bond motifs is 1. The lowest BCUT2D eigenvalue weighted by Crippen LogP contribution is -2.19. The molecule has 0 saturated carbocycles. The number of ether oxygens (including phenoxy) is 1. The Morgan fingerprint density at radius 3 is 2.36 bits per heavy atom. The number of rotatable bonds is 15. The van der Waals surface area contributed by atoms with E-state index < -0.39 is 8.25 Å². The summed E-state index contributed by atoms with van der Waals surface area (Å²) in [5, 5.41) is 5.86. The van der Waals surface area contributed by atoms with Crippen LogP contribution in [0.4, 0.5) is 0 Å². The SMILES string of the molecule is COc1cccc(CCCCCCc2ccc(CNCCOO[PH](=O)O)c3ccccc23)c1. The van der Waals surface area contributed by atoms with Gasteiger partial charge in [-0.05, 0) is 65.3 Å². The van der Waals surface area contributed by atoms with Gasteiger partial charge in [0, 0.05) is 13.1 Å². The van der Waals surface area contributed by atoms with E-state index >= 15 is 0 Å². The monoisotopic (exact) mass is 471 g/mol. The molecule has 1 atom stereocenters. The van der Waals surface area contributed by atoms with Crippen molar-refractivity contribution in [2.45, 2.75) is 45.1 Å². The van der Waals surface area contributed by atoms with Crippen LogP contribution in [-0.4, -0.2) is 25.2 Å². The molecule has 0 bridgehead atoms. The first-order valence-electron chi connectivity index (χ1n) is 11.5. The maximum atomic E-state index is 10.5. The van der Waals surface area contributed by atoms with Gasteiger partial charge in [0.15, 0.2) is 0 Å². The third kappa shape index (κ3) is 8.58. The van der Waals surface area contributed by atoms with E-state index in [2.05, 4.69) is 69.5 Å². The molecule has 0 fully saturated rings. The Morgan fingerprint density at radius 2 is 1.61 bits per heavy atom. The molecular formula is C26H34NO5P. The predicted octanol–water partition coefficient (Wildman–Crippen LogP) is 5.61. The largest absolute Gasteiger partial charge is 0.497 e. The first kappa shape index (κ1) is 25.4. The minimum atomic E-state index is -3.04.